The monoisotopic (exact) mass is 282 g/mol. The Hall–Kier alpha value is -1.77. The highest BCUT2D eigenvalue weighted by Crippen LogP contribution is 2.44. The number of H-pyrrole nitrogens is 1. The Labute approximate surface area is 122 Å². The molecule has 0 bridgehead atoms. The number of rotatable bonds is 1. The number of nitrogens with two attached hydrogens (primary N) is 1. The van der Waals surface area contributed by atoms with Crippen LogP contribution in [-0.2, 0) is 0 Å². The van der Waals surface area contributed by atoms with Crippen molar-refractivity contribution in [2.75, 3.05) is 0 Å². The Kier molecular flexibility index (Phi) is 2.62. The third-order valence-electron chi connectivity index (χ3n) is 4.31. The van der Waals surface area contributed by atoms with Gasteiger partial charge in [-0.3, -0.25) is 0 Å². The number of hydrogen-bond acceptors (Lipinski definition) is 1. The molecule has 0 fully saturated rings. The van der Waals surface area contributed by atoms with Crippen molar-refractivity contribution in [3.63, 3.8) is 0 Å². The first kappa shape index (κ1) is 12.0. The third kappa shape index (κ3) is 1.69. The van der Waals surface area contributed by atoms with Gasteiger partial charge >= 0.3 is 0 Å². The lowest BCUT2D eigenvalue weighted by atomic mass is 9.93. The largest absolute Gasteiger partial charge is 0.361 e. The SMILES string of the molecule is N[C@@H]1C[C@@H](c2c[nH]c3ccc(Cl)cc23)c2ccccc21. The van der Waals surface area contributed by atoms with Gasteiger partial charge in [-0.2, -0.15) is 0 Å². The van der Waals surface area contributed by atoms with E-state index in [-0.39, 0.29) is 6.04 Å². The first-order chi connectivity index (χ1) is 9.74. The lowest BCUT2D eigenvalue weighted by Crippen LogP contribution is -2.05. The molecule has 1 aromatic heterocycles. The average Bonchev–Trinajstić information content (AvgIpc) is 3.00. The predicted molar refractivity (Wildman–Crippen MR) is 83.1 cm³/mol. The Balaban J connectivity index is 1.91. The summed E-state index contributed by atoms with van der Waals surface area (Å²) in [6.07, 6.45) is 3.05. The van der Waals surface area contributed by atoms with Crippen LogP contribution in [-0.4, -0.2) is 4.98 Å². The topological polar surface area (TPSA) is 41.8 Å². The Morgan fingerprint density at radius 2 is 1.85 bits per heavy atom. The number of fused-ring (bicyclic) bond motifs is 2. The first-order valence-electron chi connectivity index (χ1n) is 6.85. The smallest absolute Gasteiger partial charge is 0.0458 e. The number of nitrogens with one attached hydrogen (secondary N) is 1. The molecule has 100 valence electrons. The van der Waals surface area contributed by atoms with Crippen LogP contribution in [0.25, 0.3) is 10.9 Å². The Morgan fingerprint density at radius 3 is 2.70 bits per heavy atom. The standard InChI is InChI=1S/C17H15ClN2/c18-10-5-6-17-14(7-10)15(9-20-17)13-8-16(19)12-4-2-1-3-11(12)13/h1-7,9,13,16,20H,8,19H2/t13-,16-/m1/s1. The fourth-order valence-corrected chi connectivity index (χ4v) is 3.54. The van der Waals surface area contributed by atoms with E-state index >= 15 is 0 Å². The van der Waals surface area contributed by atoms with E-state index in [4.69, 9.17) is 17.3 Å². The minimum Gasteiger partial charge on any atom is -0.361 e. The van der Waals surface area contributed by atoms with E-state index in [0.717, 1.165) is 17.0 Å². The molecule has 2 aromatic carbocycles. The summed E-state index contributed by atoms with van der Waals surface area (Å²) in [4.78, 5) is 3.34. The van der Waals surface area contributed by atoms with Crippen LogP contribution in [0.5, 0.6) is 0 Å². The average molecular weight is 283 g/mol. The molecule has 20 heavy (non-hydrogen) atoms. The van der Waals surface area contributed by atoms with E-state index in [1.54, 1.807) is 0 Å². The van der Waals surface area contributed by atoms with E-state index < -0.39 is 0 Å². The van der Waals surface area contributed by atoms with Crippen molar-refractivity contribution in [1.29, 1.82) is 0 Å². The molecule has 1 aliphatic carbocycles. The molecule has 1 aliphatic rings. The highest BCUT2D eigenvalue weighted by molar-refractivity contribution is 6.31. The predicted octanol–water partition coefficient (Wildman–Crippen LogP) is 4.36. The van der Waals surface area contributed by atoms with Crippen LogP contribution < -0.4 is 5.73 Å². The summed E-state index contributed by atoms with van der Waals surface area (Å²) in [6, 6.07) is 14.6. The summed E-state index contributed by atoms with van der Waals surface area (Å²) in [7, 11) is 0. The molecule has 2 atom stereocenters. The fourth-order valence-electron chi connectivity index (χ4n) is 3.37. The molecule has 3 aromatic rings. The van der Waals surface area contributed by atoms with Crippen LogP contribution in [0.3, 0.4) is 0 Å². The minimum absolute atomic E-state index is 0.125. The van der Waals surface area contributed by atoms with E-state index in [0.29, 0.717) is 5.92 Å². The normalized spacial score (nSPS) is 21.3. The van der Waals surface area contributed by atoms with Crippen molar-refractivity contribution in [2.45, 2.75) is 18.4 Å². The van der Waals surface area contributed by atoms with Gasteiger partial charge in [0, 0.05) is 34.1 Å². The third-order valence-corrected chi connectivity index (χ3v) is 4.55. The van der Waals surface area contributed by atoms with E-state index in [1.165, 1.54) is 22.1 Å². The van der Waals surface area contributed by atoms with Gasteiger partial charge in [-0.25, -0.2) is 0 Å². The quantitative estimate of drug-likeness (QED) is 0.684. The number of aromatic amines is 1. The molecule has 0 spiro atoms. The van der Waals surface area contributed by atoms with E-state index in [2.05, 4.69) is 35.4 Å². The van der Waals surface area contributed by atoms with Crippen molar-refractivity contribution in [2.24, 2.45) is 5.73 Å². The lowest BCUT2D eigenvalue weighted by molar-refractivity contribution is 0.664. The summed E-state index contributed by atoms with van der Waals surface area (Å²) in [6.45, 7) is 0. The summed E-state index contributed by atoms with van der Waals surface area (Å²) >= 11 is 6.14. The highest BCUT2D eigenvalue weighted by Gasteiger charge is 2.30. The van der Waals surface area contributed by atoms with Crippen molar-refractivity contribution in [1.82, 2.24) is 4.98 Å². The second kappa shape index (κ2) is 4.37. The maximum absolute atomic E-state index is 6.28. The van der Waals surface area contributed by atoms with Crippen LogP contribution >= 0.6 is 11.6 Å². The fraction of sp³-hybridized carbons (Fsp3) is 0.176. The summed E-state index contributed by atoms with van der Waals surface area (Å²) in [5.41, 5.74) is 11.3. The minimum atomic E-state index is 0.125. The zero-order chi connectivity index (χ0) is 13.7. The summed E-state index contributed by atoms with van der Waals surface area (Å²) in [5, 5.41) is 1.97. The molecule has 0 saturated heterocycles. The molecule has 0 unspecified atom stereocenters. The van der Waals surface area contributed by atoms with Gasteiger partial charge in [0.1, 0.15) is 0 Å². The van der Waals surface area contributed by atoms with Gasteiger partial charge in [0.05, 0.1) is 0 Å². The molecule has 3 N–H and O–H groups in total. The zero-order valence-corrected chi connectivity index (χ0v) is 11.7. The van der Waals surface area contributed by atoms with Crippen molar-refractivity contribution >= 4 is 22.5 Å². The second-order valence-corrected chi connectivity index (χ2v) is 5.89. The van der Waals surface area contributed by atoms with Crippen LogP contribution in [0.4, 0.5) is 0 Å². The van der Waals surface area contributed by atoms with Crippen molar-refractivity contribution < 1.29 is 0 Å². The molecule has 3 heteroatoms. The number of halogens is 1. The maximum atomic E-state index is 6.28. The van der Waals surface area contributed by atoms with Gasteiger partial charge in [0.15, 0.2) is 0 Å². The van der Waals surface area contributed by atoms with Crippen molar-refractivity contribution in [3.8, 4) is 0 Å². The first-order valence-corrected chi connectivity index (χ1v) is 7.23. The zero-order valence-electron chi connectivity index (χ0n) is 10.9. The summed E-state index contributed by atoms with van der Waals surface area (Å²) in [5.74, 6) is 0.355. The molecule has 1 heterocycles. The number of hydrogen-bond donors (Lipinski definition) is 2. The second-order valence-electron chi connectivity index (χ2n) is 5.46. The van der Waals surface area contributed by atoms with Crippen LogP contribution in [0.15, 0.2) is 48.7 Å². The van der Waals surface area contributed by atoms with Crippen LogP contribution in [0.1, 0.15) is 35.1 Å². The molecular formula is C17H15ClN2. The van der Waals surface area contributed by atoms with Crippen LogP contribution in [0.2, 0.25) is 5.02 Å². The van der Waals surface area contributed by atoms with Gasteiger partial charge in [-0.15, -0.1) is 0 Å². The van der Waals surface area contributed by atoms with Gasteiger partial charge in [0.25, 0.3) is 0 Å². The maximum Gasteiger partial charge on any atom is 0.0458 e. The molecular weight excluding hydrogens is 268 g/mol. The van der Waals surface area contributed by atoms with Crippen molar-refractivity contribution in [3.05, 3.63) is 70.4 Å². The Bertz CT molecular complexity index is 791. The Morgan fingerprint density at radius 1 is 1.05 bits per heavy atom. The van der Waals surface area contributed by atoms with Crippen LogP contribution in [0, 0.1) is 0 Å². The number of aromatic nitrogens is 1. The molecule has 2 nitrogen and oxygen atoms in total. The molecule has 4 rings (SSSR count). The van der Waals surface area contributed by atoms with E-state index in [1.807, 2.05) is 18.2 Å². The summed E-state index contributed by atoms with van der Waals surface area (Å²) < 4.78 is 0. The molecule has 0 amide bonds. The van der Waals surface area contributed by atoms with Gasteiger partial charge < -0.3 is 10.7 Å². The van der Waals surface area contributed by atoms with Gasteiger partial charge in [0.2, 0.25) is 0 Å². The molecule has 0 radical (unpaired) electrons. The van der Waals surface area contributed by atoms with Gasteiger partial charge in [-0.05, 0) is 41.3 Å². The molecule has 0 aliphatic heterocycles. The lowest BCUT2D eigenvalue weighted by Gasteiger charge is -2.10. The van der Waals surface area contributed by atoms with Gasteiger partial charge in [-0.1, -0.05) is 35.9 Å². The number of benzene rings is 2. The molecule has 0 saturated carbocycles. The highest BCUT2D eigenvalue weighted by atomic mass is 35.5. The van der Waals surface area contributed by atoms with E-state index in [9.17, 15) is 0 Å².